The lowest BCUT2D eigenvalue weighted by Gasteiger charge is -2.07. The minimum atomic E-state index is -0.551. The molecule has 1 aromatic carbocycles. The Kier molecular flexibility index (Phi) is 5.10. The summed E-state index contributed by atoms with van der Waals surface area (Å²) in [6.07, 6.45) is -0.551. The van der Waals surface area contributed by atoms with Gasteiger partial charge in [0.1, 0.15) is 12.4 Å². The second-order valence-electron chi connectivity index (χ2n) is 2.86. The molecule has 88 valence electrons. The standard InChI is InChI=1S/C10H13NO5/c1-11-10(12)15-7-14-9-4-2-8(3-5-9)6-16-13/h2-5,13H,6-7H2,1H3,(H,11,12). The molecule has 0 spiro atoms. The van der Waals surface area contributed by atoms with Gasteiger partial charge in [-0.3, -0.25) is 5.26 Å². The summed E-state index contributed by atoms with van der Waals surface area (Å²) < 4.78 is 9.76. The number of hydrogen-bond donors (Lipinski definition) is 2. The van der Waals surface area contributed by atoms with Crippen molar-refractivity contribution >= 4 is 6.09 Å². The lowest BCUT2D eigenvalue weighted by Crippen LogP contribution is -2.21. The van der Waals surface area contributed by atoms with Crippen LogP contribution in [0.25, 0.3) is 0 Å². The molecule has 16 heavy (non-hydrogen) atoms. The maximum atomic E-state index is 10.7. The first-order valence-corrected chi connectivity index (χ1v) is 4.59. The number of nitrogens with one attached hydrogen (secondary N) is 1. The van der Waals surface area contributed by atoms with E-state index in [4.69, 9.17) is 9.99 Å². The zero-order chi connectivity index (χ0) is 11.8. The Bertz CT molecular complexity index is 324. The summed E-state index contributed by atoms with van der Waals surface area (Å²) >= 11 is 0. The van der Waals surface area contributed by atoms with Crippen molar-refractivity contribution in [1.29, 1.82) is 0 Å². The van der Waals surface area contributed by atoms with E-state index < -0.39 is 6.09 Å². The van der Waals surface area contributed by atoms with Gasteiger partial charge in [0, 0.05) is 7.05 Å². The SMILES string of the molecule is CNC(=O)OCOc1ccc(COO)cc1. The van der Waals surface area contributed by atoms with E-state index in [1.165, 1.54) is 7.05 Å². The van der Waals surface area contributed by atoms with Crippen LogP contribution in [0.2, 0.25) is 0 Å². The summed E-state index contributed by atoms with van der Waals surface area (Å²) in [7, 11) is 1.46. The van der Waals surface area contributed by atoms with Gasteiger partial charge in [-0.15, -0.1) is 0 Å². The van der Waals surface area contributed by atoms with Gasteiger partial charge in [0.15, 0.2) is 0 Å². The van der Waals surface area contributed by atoms with Crippen LogP contribution in [0.15, 0.2) is 24.3 Å². The smallest absolute Gasteiger partial charge is 0.409 e. The molecule has 0 aliphatic carbocycles. The summed E-state index contributed by atoms with van der Waals surface area (Å²) in [5, 5.41) is 10.5. The van der Waals surface area contributed by atoms with Crippen molar-refractivity contribution in [2.75, 3.05) is 13.8 Å². The number of rotatable bonds is 5. The predicted molar refractivity (Wildman–Crippen MR) is 54.9 cm³/mol. The summed E-state index contributed by atoms with van der Waals surface area (Å²) in [6.45, 7) is -0.0372. The maximum Gasteiger partial charge on any atom is 0.409 e. The van der Waals surface area contributed by atoms with Gasteiger partial charge < -0.3 is 14.8 Å². The van der Waals surface area contributed by atoms with Gasteiger partial charge in [0.25, 0.3) is 0 Å². The van der Waals surface area contributed by atoms with E-state index in [-0.39, 0.29) is 13.4 Å². The zero-order valence-corrected chi connectivity index (χ0v) is 8.80. The molecule has 1 rings (SSSR count). The molecule has 0 atom stereocenters. The van der Waals surface area contributed by atoms with Crippen molar-refractivity contribution < 1.29 is 24.4 Å². The Morgan fingerprint density at radius 3 is 2.62 bits per heavy atom. The Hall–Kier alpha value is -1.79. The topological polar surface area (TPSA) is 77.0 Å². The summed E-state index contributed by atoms with van der Waals surface area (Å²) in [6, 6.07) is 6.82. The second-order valence-corrected chi connectivity index (χ2v) is 2.86. The van der Waals surface area contributed by atoms with Crippen molar-refractivity contribution in [2.45, 2.75) is 6.61 Å². The lowest BCUT2D eigenvalue weighted by atomic mass is 10.2. The predicted octanol–water partition coefficient (Wildman–Crippen LogP) is 1.37. The quantitative estimate of drug-likeness (QED) is 0.451. The van der Waals surface area contributed by atoms with Crippen LogP contribution in [0.4, 0.5) is 4.79 Å². The number of carbonyl (C=O) groups is 1. The molecule has 1 amide bonds. The molecule has 0 radical (unpaired) electrons. The first-order valence-electron chi connectivity index (χ1n) is 4.59. The van der Waals surface area contributed by atoms with Crippen LogP contribution in [0.3, 0.4) is 0 Å². The van der Waals surface area contributed by atoms with Gasteiger partial charge in [0.05, 0.1) is 0 Å². The fourth-order valence-electron chi connectivity index (χ4n) is 0.980. The molecule has 2 N–H and O–H groups in total. The van der Waals surface area contributed by atoms with Gasteiger partial charge in [-0.1, -0.05) is 12.1 Å². The molecule has 0 heterocycles. The van der Waals surface area contributed by atoms with Gasteiger partial charge in [-0.25, -0.2) is 9.68 Å². The fourth-order valence-corrected chi connectivity index (χ4v) is 0.980. The Balaban J connectivity index is 2.34. The molecule has 6 heteroatoms. The summed E-state index contributed by atoms with van der Waals surface area (Å²) in [5.41, 5.74) is 0.807. The highest BCUT2D eigenvalue weighted by Crippen LogP contribution is 2.12. The Morgan fingerprint density at radius 1 is 1.38 bits per heavy atom. The third-order valence-corrected chi connectivity index (χ3v) is 1.77. The molecule has 6 nitrogen and oxygen atoms in total. The Morgan fingerprint density at radius 2 is 2.06 bits per heavy atom. The molecule has 1 aromatic rings. The maximum absolute atomic E-state index is 10.7. The third-order valence-electron chi connectivity index (χ3n) is 1.77. The van der Waals surface area contributed by atoms with Gasteiger partial charge in [0.2, 0.25) is 6.79 Å². The highest BCUT2D eigenvalue weighted by Gasteiger charge is 1.99. The molecule has 0 saturated carbocycles. The average Bonchev–Trinajstić information content (AvgIpc) is 2.31. The molecular weight excluding hydrogens is 214 g/mol. The number of carbonyl (C=O) groups excluding carboxylic acids is 1. The van der Waals surface area contributed by atoms with E-state index in [0.29, 0.717) is 5.75 Å². The normalized spacial score (nSPS) is 9.62. The van der Waals surface area contributed by atoms with Crippen molar-refractivity contribution in [3.05, 3.63) is 29.8 Å². The van der Waals surface area contributed by atoms with Crippen molar-refractivity contribution in [1.82, 2.24) is 5.32 Å². The second kappa shape index (κ2) is 6.65. The van der Waals surface area contributed by atoms with Crippen LogP contribution in [0.1, 0.15) is 5.56 Å². The molecule has 0 unspecified atom stereocenters. The van der Waals surface area contributed by atoms with Crippen LogP contribution in [0.5, 0.6) is 5.75 Å². The number of ether oxygens (including phenoxy) is 2. The van der Waals surface area contributed by atoms with E-state index in [1.807, 2.05) is 0 Å². The molecule has 0 bridgehead atoms. The Labute approximate surface area is 92.7 Å². The first kappa shape index (κ1) is 12.3. The molecule has 0 aromatic heterocycles. The zero-order valence-electron chi connectivity index (χ0n) is 8.80. The van der Waals surface area contributed by atoms with Crippen LogP contribution in [0, 0.1) is 0 Å². The summed E-state index contributed by atoms with van der Waals surface area (Å²) in [5.74, 6) is 0.561. The van der Waals surface area contributed by atoms with Gasteiger partial charge in [-0.2, -0.15) is 0 Å². The van der Waals surface area contributed by atoms with Crippen molar-refractivity contribution in [3.8, 4) is 5.75 Å². The molecule has 0 fully saturated rings. The molecular formula is C10H13NO5. The van der Waals surface area contributed by atoms with Crippen molar-refractivity contribution in [2.24, 2.45) is 0 Å². The van der Waals surface area contributed by atoms with E-state index in [1.54, 1.807) is 24.3 Å². The minimum Gasteiger partial charge on any atom is -0.457 e. The third kappa shape index (κ3) is 4.16. The van der Waals surface area contributed by atoms with Gasteiger partial charge in [-0.05, 0) is 17.7 Å². The fraction of sp³-hybridized carbons (Fsp3) is 0.300. The molecule has 0 saturated heterocycles. The highest BCUT2D eigenvalue weighted by molar-refractivity contribution is 5.66. The number of hydrogen-bond acceptors (Lipinski definition) is 5. The van der Waals surface area contributed by atoms with Crippen molar-refractivity contribution in [3.63, 3.8) is 0 Å². The summed E-state index contributed by atoms with van der Waals surface area (Å²) in [4.78, 5) is 14.7. The average molecular weight is 227 g/mol. The van der Waals surface area contributed by atoms with E-state index in [2.05, 4.69) is 14.9 Å². The number of amides is 1. The van der Waals surface area contributed by atoms with Crippen LogP contribution < -0.4 is 10.1 Å². The largest absolute Gasteiger partial charge is 0.457 e. The first-order chi connectivity index (χ1) is 7.76. The molecule has 0 aliphatic heterocycles. The molecule has 0 aliphatic rings. The van der Waals surface area contributed by atoms with Crippen LogP contribution >= 0.6 is 0 Å². The van der Waals surface area contributed by atoms with E-state index >= 15 is 0 Å². The highest BCUT2D eigenvalue weighted by atomic mass is 17.1. The van der Waals surface area contributed by atoms with Crippen LogP contribution in [-0.2, 0) is 16.2 Å². The van der Waals surface area contributed by atoms with E-state index in [0.717, 1.165) is 5.56 Å². The van der Waals surface area contributed by atoms with Crippen LogP contribution in [-0.4, -0.2) is 25.2 Å². The number of alkyl carbamates (subject to hydrolysis) is 1. The monoisotopic (exact) mass is 227 g/mol. The van der Waals surface area contributed by atoms with Gasteiger partial charge >= 0.3 is 6.09 Å². The van der Waals surface area contributed by atoms with E-state index in [9.17, 15) is 4.79 Å². The minimum absolute atomic E-state index is 0.120. The number of benzene rings is 1. The lowest BCUT2D eigenvalue weighted by molar-refractivity contribution is -0.253.